The zero-order valence-corrected chi connectivity index (χ0v) is 11.6. The fourth-order valence-corrected chi connectivity index (χ4v) is 2.34. The van der Waals surface area contributed by atoms with Crippen LogP contribution in [0.1, 0.15) is 26.6 Å². The molecule has 7 heteroatoms. The molecule has 1 saturated heterocycles. The van der Waals surface area contributed by atoms with E-state index in [0.717, 1.165) is 0 Å². The van der Waals surface area contributed by atoms with Gasteiger partial charge in [-0.1, -0.05) is 13.8 Å². The molecule has 2 rings (SSSR count). The topological polar surface area (TPSA) is 80.1 Å². The maximum atomic E-state index is 12.3. The Morgan fingerprint density at radius 3 is 2.63 bits per heavy atom. The summed E-state index contributed by atoms with van der Waals surface area (Å²) in [5, 5.41) is 6.69. The number of rotatable bonds is 3. The fourth-order valence-electron chi connectivity index (χ4n) is 2.34. The summed E-state index contributed by atoms with van der Waals surface area (Å²) in [6.45, 7) is 5.85. The minimum Gasteiger partial charge on any atom is -0.343 e. The number of amides is 2. The third kappa shape index (κ3) is 2.45. The Morgan fingerprint density at radius 1 is 1.42 bits per heavy atom. The lowest BCUT2D eigenvalue weighted by molar-refractivity contribution is -0.151. The summed E-state index contributed by atoms with van der Waals surface area (Å²) in [5.74, 6) is 0.524. The Hall–Kier alpha value is -1.92. The highest BCUT2D eigenvalue weighted by Gasteiger charge is 2.40. The molecule has 1 aromatic rings. The minimum absolute atomic E-state index is 0.0460. The number of piperazine rings is 1. The second-order valence-corrected chi connectivity index (χ2v) is 5.19. The van der Waals surface area contributed by atoms with Gasteiger partial charge in [0.25, 0.3) is 0 Å². The predicted octanol–water partition coefficient (Wildman–Crippen LogP) is -0.313. The third-order valence-corrected chi connectivity index (χ3v) is 3.37. The number of aryl methyl sites for hydroxylation is 1. The van der Waals surface area contributed by atoms with Crippen molar-refractivity contribution in [2.75, 3.05) is 0 Å². The molecule has 104 valence electrons. The van der Waals surface area contributed by atoms with Gasteiger partial charge in [-0.2, -0.15) is 5.10 Å². The molecule has 2 heterocycles. The van der Waals surface area contributed by atoms with E-state index in [1.54, 1.807) is 23.6 Å². The lowest BCUT2D eigenvalue weighted by Crippen LogP contribution is -2.63. The molecule has 0 spiro atoms. The molecule has 0 bridgehead atoms. The van der Waals surface area contributed by atoms with Crippen molar-refractivity contribution < 1.29 is 9.59 Å². The largest absolute Gasteiger partial charge is 0.343 e. The van der Waals surface area contributed by atoms with E-state index >= 15 is 0 Å². The van der Waals surface area contributed by atoms with Crippen molar-refractivity contribution in [3.05, 3.63) is 12.2 Å². The van der Waals surface area contributed by atoms with Crippen LogP contribution in [-0.2, 0) is 23.2 Å². The molecule has 19 heavy (non-hydrogen) atoms. The maximum Gasteiger partial charge on any atom is 0.245 e. The molecule has 1 N–H and O–H groups in total. The van der Waals surface area contributed by atoms with Crippen molar-refractivity contribution in [3.63, 3.8) is 0 Å². The van der Waals surface area contributed by atoms with Crippen LogP contribution in [0.3, 0.4) is 0 Å². The highest BCUT2D eigenvalue weighted by Crippen LogP contribution is 2.19. The summed E-state index contributed by atoms with van der Waals surface area (Å²) < 4.78 is 1.61. The van der Waals surface area contributed by atoms with Gasteiger partial charge in [0.2, 0.25) is 11.8 Å². The monoisotopic (exact) mass is 265 g/mol. The highest BCUT2D eigenvalue weighted by atomic mass is 16.2. The average molecular weight is 265 g/mol. The fraction of sp³-hybridized carbons (Fsp3) is 0.667. The molecule has 0 radical (unpaired) electrons. The van der Waals surface area contributed by atoms with Gasteiger partial charge < -0.3 is 10.2 Å². The molecule has 1 fully saturated rings. The number of hydrogen-bond acceptors (Lipinski definition) is 4. The Morgan fingerprint density at radius 2 is 2.11 bits per heavy atom. The first-order valence-corrected chi connectivity index (χ1v) is 6.35. The van der Waals surface area contributed by atoms with Crippen molar-refractivity contribution in [2.45, 2.75) is 39.4 Å². The van der Waals surface area contributed by atoms with Crippen LogP contribution in [0, 0.1) is 5.92 Å². The number of hydrogen-bond donors (Lipinski definition) is 1. The summed E-state index contributed by atoms with van der Waals surface area (Å²) in [6, 6.07) is -0.948. The third-order valence-electron chi connectivity index (χ3n) is 3.37. The Balaban J connectivity index is 2.29. The predicted molar refractivity (Wildman–Crippen MR) is 67.8 cm³/mol. The molecular formula is C12H19N5O2. The van der Waals surface area contributed by atoms with Crippen LogP contribution >= 0.6 is 0 Å². The molecule has 2 unspecified atom stereocenters. The standard InChI is InChI=1S/C12H19N5O2/c1-7(2)10-11(18)15-8(3)12(19)17(10)5-9-13-6-14-16(9)4/h6-8,10H,5H2,1-4H3,(H,15,18). The van der Waals surface area contributed by atoms with Crippen molar-refractivity contribution in [2.24, 2.45) is 13.0 Å². The van der Waals surface area contributed by atoms with E-state index in [4.69, 9.17) is 0 Å². The van der Waals surface area contributed by atoms with Crippen LogP contribution in [0.5, 0.6) is 0 Å². The van der Waals surface area contributed by atoms with Gasteiger partial charge in [-0.3, -0.25) is 14.3 Å². The maximum absolute atomic E-state index is 12.3. The molecule has 0 aliphatic carbocycles. The molecule has 0 aromatic carbocycles. The minimum atomic E-state index is -0.490. The Labute approximate surface area is 112 Å². The molecule has 1 aromatic heterocycles. The summed E-state index contributed by atoms with van der Waals surface area (Å²) in [4.78, 5) is 30.1. The van der Waals surface area contributed by atoms with E-state index in [0.29, 0.717) is 12.4 Å². The lowest BCUT2D eigenvalue weighted by atomic mass is 9.97. The number of carbonyl (C=O) groups is 2. The van der Waals surface area contributed by atoms with Gasteiger partial charge >= 0.3 is 0 Å². The van der Waals surface area contributed by atoms with E-state index in [1.807, 2.05) is 13.8 Å². The van der Waals surface area contributed by atoms with Crippen LogP contribution in [0.4, 0.5) is 0 Å². The van der Waals surface area contributed by atoms with Gasteiger partial charge in [0.1, 0.15) is 24.2 Å². The first-order valence-electron chi connectivity index (χ1n) is 6.35. The lowest BCUT2D eigenvalue weighted by Gasteiger charge is -2.39. The average Bonchev–Trinajstić information content (AvgIpc) is 2.71. The summed E-state index contributed by atoms with van der Waals surface area (Å²) in [5.41, 5.74) is 0. The van der Waals surface area contributed by atoms with Gasteiger partial charge in [0, 0.05) is 7.05 Å². The molecular weight excluding hydrogens is 246 g/mol. The number of nitrogens with one attached hydrogen (secondary N) is 1. The number of carbonyl (C=O) groups excluding carboxylic acids is 2. The zero-order chi connectivity index (χ0) is 14.2. The summed E-state index contributed by atoms with van der Waals surface area (Å²) in [6.07, 6.45) is 1.44. The molecule has 7 nitrogen and oxygen atoms in total. The molecule has 0 saturated carbocycles. The van der Waals surface area contributed by atoms with E-state index in [9.17, 15) is 9.59 Å². The SMILES string of the molecule is CC1NC(=O)C(C(C)C)N(Cc2ncnn2C)C1=O. The normalized spacial score (nSPS) is 23.9. The second-order valence-electron chi connectivity index (χ2n) is 5.19. The van der Waals surface area contributed by atoms with E-state index in [1.165, 1.54) is 6.33 Å². The van der Waals surface area contributed by atoms with Gasteiger partial charge in [-0.05, 0) is 12.8 Å². The van der Waals surface area contributed by atoms with Crippen molar-refractivity contribution >= 4 is 11.8 Å². The van der Waals surface area contributed by atoms with Crippen molar-refractivity contribution in [1.82, 2.24) is 25.0 Å². The van der Waals surface area contributed by atoms with E-state index in [2.05, 4.69) is 15.4 Å². The van der Waals surface area contributed by atoms with Crippen LogP contribution in [0.25, 0.3) is 0 Å². The van der Waals surface area contributed by atoms with Crippen molar-refractivity contribution in [3.8, 4) is 0 Å². The highest BCUT2D eigenvalue weighted by molar-refractivity contribution is 5.96. The molecule has 2 atom stereocenters. The smallest absolute Gasteiger partial charge is 0.245 e. The molecule has 1 aliphatic rings. The Kier molecular flexibility index (Phi) is 3.55. The first kappa shape index (κ1) is 13.5. The van der Waals surface area contributed by atoms with Gasteiger partial charge in [-0.15, -0.1) is 0 Å². The molecule has 2 amide bonds. The summed E-state index contributed by atoms with van der Waals surface area (Å²) in [7, 11) is 1.77. The van der Waals surface area contributed by atoms with Crippen LogP contribution in [-0.4, -0.2) is 43.6 Å². The van der Waals surface area contributed by atoms with E-state index < -0.39 is 12.1 Å². The second kappa shape index (κ2) is 4.99. The van der Waals surface area contributed by atoms with Crippen LogP contribution in [0.15, 0.2) is 6.33 Å². The molecule has 1 aliphatic heterocycles. The van der Waals surface area contributed by atoms with Gasteiger partial charge in [-0.25, -0.2) is 4.98 Å². The van der Waals surface area contributed by atoms with Crippen molar-refractivity contribution in [1.29, 1.82) is 0 Å². The number of nitrogens with zero attached hydrogens (tertiary/aromatic N) is 4. The zero-order valence-electron chi connectivity index (χ0n) is 11.6. The quantitative estimate of drug-likeness (QED) is 0.812. The Bertz CT molecular complexity index is 496. The van der Waals surface area contributed by atoms with Gasteiger partial charge in [0.15, 0.2) is 0 Å². The van der Waals surface area contributed by atoms with E-state index in [-0.39, 0.29) is 17.7 Å². The van der Waals surface area contributed by atoms with Crippen LogP contribution < -0.4 is 5.32 Å². The van der Waals surface area contributed by atoms with Gasteiger partial charge in [0.05, 0.1) is 6.54 Å². The first-order chi connectivity index (χ1) is 8.91. The van der Waals surface area contributed by atoms with Crippen LogP contribution in [0.2, 0.25) is 0 Å². The number of aromatic nitrogens is 3. The summed E-state index contributed by atoms with van der Waals surface area (Å²) >= 11 is 0.